The zero-order chi connectivity index (χ0) is 10.9. The van der Waals surface area contributed by atoms with Crippen molar-refractivity contribution in [2.45, 2.75) is 5.66 Å². The van der Waals surface area contributed by atoms with E-state index in [2.05, 4.69) is 4.99 Å². The largest absolute Gasteiger partial charge is 0.478 e. The van der Waals surface area contributed by atoms with Gasteiger partial charge in [-0.05, 0) is 0 Å². The van der Waals surface area contributed by atoms with E-state index in [1.807, 2.05) is 30.3 Å². The second-order valence-electron chi connectivity index (χ2n) is 3.30. The van der Waals surface area contributed by atoms with Crippen molar-refractivity contribution in [1.82, 2.24) is 0 Å². The molecule has 0 spiro atoms. The Labute approximate surface area is 91.2 Å². The van der Waals surface area contributed by atoms with Crippen LogP contribution in [-0.2, 0) is 4.79 Å². The fourth-order valence-electron chi connectivity index (χ4n) is 1.26. The fourth-order valence-corrected chi connectivity index (χ4v) is 2.34. The van der Waals surface area contributed by atoms with Crippen LogP contribution in [0.1, 0.15) is 5.56 Å². The predicted octanol–water partition coefficient (Wildman–Crippen LogP) is 0.920. The molecule has 1 atom stereocenters. The molecule has 0 radical (unpaired) electrons. The average Bonchev–Trinajstić information content (AvgIpc) is 2.64. The highest BCUT2D eigenvalue weighted by Gasteiger charge is 2.39. The Morgan fingerprint density at radius 1 is 1.47 bits per heavy atom. The van der Waals surface area contributed by atoms with Crippen molar-refractivity contribution < 1.29 is 9.90 Å². The van der Waals surface area contributed by atoms with E-state index in [1.54, 1.807) is 0 Å². The van der Waals surface area contributed by atoms with Crippen molar-refractivity contribution in [3.8, 4) is 0 Å². The van der Waals surface area contributed by atoms with Gasteiger partial charge < -0.3 is 5.11 Å². The van der Waals surface area contributed by atoms with Crippen LogP contribution in [0, 0.1) is 0 Å². The minimum atomic E-state index is -1.46. The van der Waals surface area contributed by atoms with Crippen molar-refractivity contribution in [3.05, 3.63) is 35.9 Å². The number of hydrogen-bond donors (Lipinski definition) is 2. The summed E-state index contributed by atoms with van der Waals surface area (Å²) in [6, 6.07) is 9.45. The Morgan fingerprint density at radius 2 is 2.13 bits per heavy atom. The van der Waals surface area contributed by atoms with Crippen molar-refractivity contribution in [3.63, 3.8) is 0 Å². The first kappa shape index (κ1) is 10.2. The zero-order valence-corrected chi connectivity index (χ0v) is 8.70. The van der Waals surface area contributed by atoms with Crippen molar-refractivity contribution >= 4 is 22.8 Å². The topological polar surface area (TPSA) is 75.7 Å². The van der Waals surface area contributed by atoms with Crippen LogP contribution in [0.2, 0.25) is 0 Å². The summed E-state index contributed by atoms with van der Waals surface area (Å²) < 4.78 is 0. The number of carboxylic acid groups (broad SMARTS) is 1. The van der Waals surface area contributed by atoms with Gasteiger partial charge in [0.2, 0.25) is 5.66 Å². The lowest BCUT2D eigenvalue weighted by Crippen LogP contribution is -2.46. The highest BCUT2D eigenvalue weighted by molar-refractivity contribution is 8.14. The number of aliphatic imine (C=N–C) groups is 1. The molecule has 3 N–H and O–H groups in total. The van der Waals surface area contributed by atoms with Crippen LogP contribution in [0.3, 0.4) is 0 Å². The summed E-state index contributed by atoms with van der Waals surface area (Å²) in [6.45, 7) is 0. The third-order valence-electron chi connectivity index (χ3n) is 2.12. The monoisotopic (exact) mass is 222 g/mol. The van der Waals surface area contributed by atoms with Crippen LogP contribution in [0.15, 0.2) is 35.3 Å². The minimum Gasteiger partial charge on any atom is -0.478 e. The van der Waals surface area contributed by atoms with Gasteiger partial charge in [0.1, 0.15) is 5.04 Å². The first-order valence-electron chi connectivity index (χ1n) is 4.42. The molecule has 0 aromatic heterocycles. The first-order chi connectivity index (χ1) is 7.12. The van der Waals surface area contributed by atoms with Crippen molar-refractivity contribution in [2.75, 3.05) is 5.75 Å². The Kier molecular flexibility index (Phi) is 2.50. The van der Waals surface area contributed by atoms with Gasteiger partial charge in [0.05, 0.1) is 0 Å². The van der Waals surface area contributed by atoms with Gasteiger partial charge in [0.25, 0.3) is 0 Å². The number of carboxylic acids is 1. The fraction of sp³-hybridized carbons (Fsp3) is 0.200. The maximum atomic E-state index is 10.9. The summed E-state index contributed by atoms with van der Waals surface area (Å²) in [7, 11) is 0. The van der Waals surface area contributed by atoms with Crippen LogP contribution >= 0.6 is 11.8 Å². The molecule has 1 heterocycles. The van der Waals surface area contributed by atoms with E-state index < -0.39 is 11.6 Å². The van der Waals surface area contributed by atoms with Gasteiger partial charge in [-0.3, -0.25) is 5.73 Å². The number of thioether (sulfide) groups is 1. The molecule has 0 bridgehead atoms. The van der Waals surface area contributed by atoms with Crippen LogP contribution in [0.5, 0.6) is 0 Å². The normalized spacial score (nSPS) is 25.0. The Hall–Kier alpha value is -1.33. The van der Waals surface area contributed by atoms with E-state index in [-0.39, 0.29) is 5.75 Å². The number of carbonyl (C=O) groups is 1. The van der Waals surface area contributed by atoms with Gasteiger partial charge in [0.15, 0.2) is 0 Å². The van der Waals surface area contributed by atoms with Gasteiger partial charge in [0, 0.05) is 11.3 Å². The summed E-state index contributed by atoms with van der Waals surface area (Å²) in [5.74, 6) is -0.798. The van der Waals surface area contributed by atoms with E-state index in [4.69, 9.17) is 10.8 Å². The van der Waals surface area contributed by atoms with Gasteiger partial charge in [-0.15, -0.1) is 11.8 Å². The van der Waals surface area contributed by atoms with Crippen molar-refractivity contribution in [2.24, 2.45) is 10.7 Å². The molecule has 5 heteroatoms. The van der Waals surface area contributed by atoms with E-state index in [0.717, 1.165) is 5.56 Å². The van der Waals surface area contributed by atoms with Gasteiger partial charge in [-0.2, -0.15) is 0 Å². The minimum absolute atomic E-state index is 0.284. The zero-order valence-electron chi connectivity index (χ0n) is 7.88. The number of benzene rings is 1. The number of rotatable bonds is 2. The van der Waals surface area contributed by atoms with Crippen LogP contribution in [0.4, 0.5) is 0 Å². The van der Waals surface area contributed by atoms with E-state index >= 15 is 0 Å². The van der Waals surface area contributed by atoms with E-state index in [9.17, 15) is 4.79 Å². The van der Waals surface area contributed by atoms with Gasteiger partial charge >= 0.3 is 5.97 Å². The molecule has 15 heavy (non-hydrogen) atoms. The number of aliphatic carboxylic acids is 1. The molecule has 0 aliphatic carbocycles. The summed E-state index contributed by atoms with van der Waals surface area (Å²) >= 11 is 1.37. The molecular formula is C10H10N2O2S. The standard InChI is InChI=1S/C10H10N2O2S/c11-10(9(13)14)6-15-8(12-10)7-4-2-1-3-5-7/h1-5H,6,11H2,(H,13,14). The van der Waals surface area contributed by atoms with Gasteiger partial charge in [-0.1, -0.05) is 30.3 Å². The number of hydrogen-bond acceptors (Lipinski definition) is 4. The highest BCUT2D eigenvalue weighted by atomic mass is 32.2. The van der Waals surface area contributed by atoms with E-state index in [1.165, 1.54) is 11.8 Å². The van der Waals surface area contributed by atoms with E-state index in [0.29, 0.717) is 5.04 Å². The molecule has 1 aromatic rings. The second kappa shape index (κ2) is 3.67. The average molecular weight is 222 g/mol. The number of nitrogens with two attached hydrogens (primary N) is 1. The SMILES string of the molecule is NC1(C(=O)O)CSC(c2ccccc2)=N1. The highest BCUT2D eigenvalue weighted by Crippen LogP contribution is 2.27. The molecule has 1 aliphatic rings. The van der Waals surface area contributed by atoms with Crippen molar-refractivity contribution in [1.29, 1.82) is 0 Å². The summed E-state index contributed by atoms with van der Waals surface area (Å²) in [5, 5.41) is 9.59. The molecule has 1 aromatic carbocycles. The Bertz CT molecular complexity index is 419. The molecule has 4 nitrogen and oxygen atoms in total. The summed E-state index contributed by atoms with van der Waals surface area (Å²) in [6.07, 6.45) is 0. The van der Waals surface area contributed by atoms with Crippen LogP contribution < -0.4 is 5.73 Å². The lowest BCUT2D eigenvalue weighted by Gasteiger charge is -2.11. The molecule has 0 fully saturated rings. The van der Waals surface area contributed by atoms with Crippen LogP contribution in [-0.4, -0.2) is 27.5 Å². The Balaban J connectivity index is 2.32. The first-order valence-corrected chi connectivity index (χ1v) is 5.41. The maximum Gasteiger partial charge on any atom is 0.347 e. The molecule has 78 valence electrons. The molecule has 0 saturated heterocycles. The quantitative estimate of drug-likeness (QED) is 0.780. The maximum absolute atomic E-state index is 10.9. The van der Waals surface area contributed by atoms with Crippen LogP contribution in [0.25, 0.3) is 0 Å². The third-order valence-corrected chi connectivity index (χ3v) is 3.31. The lowest BCUT2D eigenvalue weighted by atomic mass is 10.2. The Morgan fingerprint density at radius 3 is 2.67 bits per heavy atom. The molecule has 1 unspecified atom stereocenters. The summed E-state index contributed by atoms with van der Waals surface area (Å²) in [4.78, 5) is 14.9. The molecule has 0 saturated carbocycles. The smallest absolute Gasteiger partial charge is 0.347 e. The molecule has 1 aliphatic heterocycles. The molecule has 2 rings (SSSR count). The summed E-state index contributed by atoms with van der Waals surface area (Å²) in [5.41, 5.74) is 5.07. The lowest BCUT2D eigenvalue weighted by molar-refractivity contribution is -0.142. The third kappa shape index (κ3) is 1.88. The predicted molar refractivity (Wildman–Crippen MR) is 60.0 cm³/mol. The molecular weight excluding hydrogens is 212 g/mol. The van der Waals surface area contributed by atoms with Gasteiger partial charge in [-0.25, -0.2) is 9.79 Å². The molecule has 0 amide bonds. The second-order valence-corrected chi connectivity index (χ2v) is 4.27. The number of nitrogens with zero attached hydrogens (tertiary/aromatic N) is 1.